The van der Waals surface area contributed by atoms with Gasteiger partial charge in [-0.3, -0.25) is 0 Å². The standard InChI is InChI=1S/C79H50N4O2/c1-3-21-57-62-46-71-63(47-70(62)82-65-37-19-36-64(74(65)48(2)76(57)82)80(53-28-14-26-51(44-53)49-22-6-4-7-23-49)68-40-17-33-59-55-30-10-12-42-72(55)84-78(59)68)58-32-16-35-61-75-66(38-20-39-67(75)83(71)77(58)61)81(54-29-15-27-52(45-54)50-24-8-5-9-25-50)69-41-18-34-60-56-31-11-13-43-73(56)85-79(60)69/h3-47H,2H2,1H3/b21-3-. The molecule has 12 aromatic carbocycles. The van der Waals surface area contributed by atoms with E-state index in [9.17, 15) is 0 Å². The number of para-hydroxylation sites is 5. The Kier molecular flexibility index (Phi) is 10.1. The van der Waals surface area contributed by atoms with E-state index in [1.807, 2.05) is 12.1 Å². The van der Waals surface area contributed by atoms with Crippen molar-refractivity contribution in [2.24, 2.45) is 0 Å². The van der Waals surface area contributed by atoms with Crippen LogP contribution in [0.5, 0.6) is 0 Å². The number of anilines is 6. The Bertz CT molecular complexity index is 5840. The van der Waals surface area contributed by atoms with Crippen LogP contribution >= 0.6 is 0 Å². The zero-order valence-corrected chi connectivity index (χ0v) is 46.3. The molecule has 0 saturated heterocycles. The van der Waals surface area contributed by atoms with Crippen molar-refractivity contribution in [2.45, 2.75) is 6.92 Å². The van der Waals surface area contributed by atoms with Gasteiger partial charge in [-0.1, -0.05) is 195 Å². The minimum absolute atomic E-state index is 0.830. The highest BCUT2D eigenvalue weighted by Crippen LogP contribution is 2.51. The predicted molar refractivity (Wildman–Crippen MR) is 357 cm³/mol. The lowest BCUT2D eigenvalue weighted by Gasteiger charge is -2.27. The largest absolute Gasteiger partial charge is 0.454 e. The van der Waals surface area contributed by atoms with E-state index in [2.05, 4.69) is 286 Å². The summed E-state index contributed by atoms with van der Waals surface area (Å²) < 4.78 is 18.7. The molecule has 0 N–H and O–H groups in total. The zero-order chi connectivity index (χ0) is 56.0. The molecule has 0 atom stereocenters. The molecule has 0 radical (unpaired) electrons. The predicted octanol–water partition coefficient (Wildman–Crippen LogP) is 21.6. The second-order valence-electron chi connectivity index (χ2n) is 22.4. The first-order chi connectivity index (χ1) is 42.1. The molecule has 0 aliphatic carbocycles. The van der Waals surface area contributed by atoms with Crippen LogP contribution < -0.4 is 15.0 Å². The van der Waals surface area contributed by atoms with E-state index in [-0.39, 0.29) is 0 Å². The van der Waals surface area contributed by atoms with Gasteiger partial charge < -0.3 is 27.4 Å². The second-order valence-corrected chi connectivity index (χ2v) is 22.4. The summed E-state index contributed by atoms with van der Waals surface area (Å²) in [5.41, 5.74) is 22.0. The molecule has 0 spiro atoms. The average Bonchev–Trinajstić information content (AvgIpc) is 1.60. The van der Waals surface area contributed by atoms with Crippen LogP contribution in [0.3, 0.4) is 0 Å². The van der Waals surface area contributed by atoms with Gasteiger partial charge in [-0.05, 0) is 114 Å². The fraction of sp³-hybridized carbons (Fsp3) is 0.0127. The van der Waals surface area contributed by atoms with E-state index in [4.69, 9.17) is 15.4 Å². The summed E-state index contributed by atoms with van der Waals surface area (Å²) in [6.07, 6.45) is 4.44. The lowest BCUT2D eigenvalue weighted by molar-refractivity contribution is 0.669. The number of hydrogen-bond acceptors (Lipinski definition) is 4. The van der Waals surface area contributed by atoms with Gasteiger partial charge in [-0.25, -0.2) is 0 Å². The molecule has 0 amide bonds. The number of rotatable bonds is 9. The Morgan fingerprint density at radius 2 is 0.776 bits per heavy atom. The lowest BCUT2D eigenvalue weighted by Crippen LogP contribution is -2.13. The summed E-state index contributed by atoms with van der Waals surface area (Å²) in [6.45, 7) is 7.17. The molecule has 0 aliphatic heterocycles. The van der Waals surface area contributed by atoms with Crippen molar-refractivity contribution in [3.05, 3.63) is 278 Å². The summed E-state index contributed by atoms with van der Waals surface area (Å²) in [5, 5.41) is 12.3. The smallest absolute Gasteiger partial charge is 0.159 e. The molecule has 85 heavy (non-hydrogen) atoms. The molecule has 0 saturated carbocycles. The third-order valence-corrected chi connectivity index (χ3v) is 17.8. The van der Waals surface area contributed by atoms with Gasteiger partial charge in [0.05, 0.1) is 55.8 Å². The average molecular weight is 1090 g/mol. The summed E-state index contributed by atoms with van der Waals surface area (Å²) in [5.74, 6) is 0. The number of aromatic nitrogens is 2. The van der Waals surface area contributed by atoms with E-state index in [0.717, 1.165) is 144 Å². The Labute approximate surface area is 487 Å². The fourth-order valence-corrected chi connectivity index (χ4v) is 14.3. The normalized spacial score (nSPS) is 12.3. The number of hydrogen-bond donors (Lipinski definition) is 0. The maximum Gasteiger partial charge on any atom is 0.159 e. The molecule has 6 heterocycles. The summed E-state index contributed by atoms with van der Waals surface area (Å²) in [7, 11) is 0. The molecular formula is C79H50N4O2. The van der Waals surface area contributed by atoms with Gasteiger partial charge in [0.2, 0.25) is 0 Å². The van der Waals surface area contributed by atoms with Crippen molar-refractivity contribution >= 4 is 156 Å². The molecule has 6 aromatic heterocycles. The molecule has 6 heteroatoms. The van der Waals surface area contributed by atoms with Crippen LogP contribution in [0.2, 0.25) is 0 Å². The number of nitrogens with zero attached hydrogens (tertiary/aromatic N) is 4. The van der Waals surface area contributed by atoms with Gasteiger partial charge in [-0.15, -0.1) is 0 Å². The highest BCUT2D eigenvalue weighted by atomic mass is 16.3. The first kappa shape index (κ1) is 47.3. The van der Waals surface area contributed by atoms with E-state index in [0.29, 0.717) is 0 Å². The van der Waals surface area contributed by atoms with Crippen molar-refractivity contribution < 1.29 is 8.83 Å². The highest BCUT2D eigenvalue weighted by molar-refractivity contribution is 6.28. The summed E-state index contributed by atoms with van der Waals surface area (Å²) in [6, 6.07) is 94.0. The molecule has 0 unspecified atom stereocenters. The third-order valence-electron chi connectivity index (χ3n) is 17.8. The Morgan fingerprint density at radius 3 is 1.38 bits per heavy atom. The molecule has 398 valence electrons. The molecule has 18 rings (SSSR count). The molecule has 6 nitrogen and oxygen atoms in total. The van der Waals surface area contributed by atoms with Gasteiger partial charge in [0.15, 0.2) is 11.2 Å². The maximum absolute atomic E-state index is 6.87. The van der Waals surface area contributed by atoms with Crippen LogP contribution in [-0.4, -0.2) is 8.80 Å². The van der Waals surface area contributed by atoms with Gasteiger partial charge in [-0.2, -0.15) is 0 Å². The van der Waals surface area contributed by atoms with Crippen molar-refractivity contribution in [1.29, 1.82) is 0 Å². The quantitative estimate of drug-likeness (QED) is 0.144. The number of allylic oxidation sites excluding steroid dienone is 1. The van der Waals surface area contributed by atoms with E-state index in [1.54, 1.807) is 0 Å². The first-order valence-electron chi connectivity index (χ1n) is 29.0. The first-order valence-corrected chi connectivity index (χ1v) is 29.0. The van der Waals surface area contributed by atoms with E-state index >= 15 is 0 Å². The molecule has 0 aliphatic rings. The number of fused-ring (bicyclic) bond motifs is 17. The van der Waals surface area contributed by atoms with Crippen molar-refractivity contribution in [1.82, 2.24) is 8.80 Å². The topological polar surface area (TPSA) is 41.6 Å². The van der Waals surface area contributed by atoms with Gasteiger partial charge in [0, 0.05) is 76.0 Å². The molecular weight excluding hydrogens is 1040 g/mol. The third kappa shape index (κ3) is 6.76. The monoisotopic (exact) mass is 1090 g/mol. The summed E-state index contributed by atoms with van der Waals surface area (Å²) in [4.78, 5) is 4.80. The van der Waals surface area contributed by atoms with Crippen molar-refractivity contribution in [2.75, 3.05) is 9.80 Å². The van der Waals surface area contributed by atoms with Gasteiger partial charge in [0.25, 0.3) is 0 Å². The Hall–Kier alpha value is -11.3. The van der Waals surface area contributed by atoms with Crippen LogP contribution in [0.15, 0.2) is 276 Å². The molecule has 0 fully saturated rings. The minimum atomic E-state index is 0.830. The fourth-order valence-electron chi connectivity index (χ4n) is 14.3. The van der Waals surface area contributed by atoms with E-state index < -0.39 is 0 Å². The van der Waals surface area contributed by atoms with Crippen LogP contribution in [0.1, 0.15) is 12.5 Å². The van der Waals surface area contributed by atoms with Crippen molar-refractivity contribution in [3.8, 4) is 22.3 Å². The van der Waals surface area contributed by atoms with Crippen LogP contribution in [-0.2, 0) is 0 Å². The minimum Gasteiger partial charge on any atom is -0.454 e. The number of benzene rings is 12. The van der Waals surface area contributed by atoms with Gasteiger partial charge >= 0.3 is 0 Å². The van der Waals surface area contributed by atoms with Gasteiger partial charge in [0.1, 0.15) is 11.2 Å². The number of furan rings is 2. The Balaban J connectivity index is 0.881. The van der Waals surface area contributed by atoms with Crippen LogP contribution in [0.25, 0.3) is 144 Å². The van der Waals surface area contributed by atoms with Crippen LogP contribution in [0.4, 0.5) is 34.1 Å². The lowest BCUT2D eigenvalue weighted by atomic mass is 10.0. The highest BCUT2D eigenvalue weighted by Gasteiger charge is 2.29. The second kappa shape index (κ2) is 18.1. The zero-order valence-electron chi connectivity index (χ0n) is 46.3. The maximum atomic E-state index is 6.87. The van der Waals surface area contributed by atoms with Crippen molar-refractivity contribution in [3.63, 3.8) is 0 Å². The summed E-state index contributed by atoms with van der Waals surface area (Å²) >= 11 is 0. The molecule has 0 bridgehead atoms. The SMILES string of the molecule is C=c1c2c(N(c3cccc(-c4ccccc4)c3)c3cccc4c3oc3ccccc34)cccc2n2c1c(/C=C\C)c1cc3c(cc12)c1cccc2c4c(N(c5cccc(-c6ccccc6)c5)c5cccc6c5oc5ccccc56)cccc4n3c12. The molecule has 18 aromatic rings. The van der Waals surface area contributed by atoms with Crippen LogP contribution in [0, 0.1) is 0 Å². The van der Waals surface area contributed by atoms with E-state index in [1.165, 1.54) is 32.4 Å². The Morgan fingerprint density at radius 1 is 0.341 bits per heavy atom.